The summed E-state index contributed by atoms with van der Waals surface area (Å²) in [5.74, 6) is 0.978. The van der Waals surface area contributed by atoms with Crippen molar-refractivity contribution in [3.63, 3.8) is 0 Å². The first kappa shape index (κ1) is 21.5. The summed E-state index contributed by atoms with van der Waals surface area (Å²) in [6.07, 6.45) is 3.81. The highest BCUT2D eigenvalue weighted by Gasteiger charge is 2.21. The van der Waals surface area contributed by atoms with Gasteiger partial charge in [-0.15, -0.1) is 24.8 Å². The average Bonchev–Trinajstić information content (AvgIpc) is 2.51. The number of hydrogen-bond donors (Lipinski definition) is 1. The molecule has 0 amide bonds. The minimum absolute atomic E-state index is 0. The van der Waals surface area contributed by atoms with Crippen LogP contribution in [0.25, 0.3) is 0 Å². The third-order valence-electron chi connectivity index (χ3n) is 4.00. The van der Waals surface area contributed by atoms with Crippen molar-refractivity contribution in [3.8, 4) is 5.75 Å². The van der Waals surface area contributed by atoms with Crippen molar-refractivity contribution in [2.75, 3.05) is 32.8 Å². The van der Waals surface area contributed by atoms with Crippen molar-refractivity contribution >= 4 is 24.8 Å². The fourth-order valence-electron chi connectivity index (χ4n) is 2.90. The molecule has 0 aliphatic carbocycles. The van der Waals surface area contributed by atoms with E-state index in [1.807, 2.05) is 6.92 Å². The zero-order valence-electron chi connectivity index (χ0n) is 13.7. The highest BCUT2D eigenvalue weighted by molar-refractivity contribution is 5.85. The molecule has 2 rings (SSSR count). The molecule has 1 atom stereocenters. The molecule has 3 nitrogen and oxygen atoms in total. The van der Waals surface area contributed by atoms with E-state index in [1.54, 1.807) is 0 Å². The van der Waals surface area contributed by atoms with Gasteiger partial charge < -0.3 is 10.1 Å². The fourth-order valence-corrected chi connectivity index (χ4v) is 2.90. The lowest BCUT2D eigenvalue weighted by Gasteiger charge is -2.35. The summed E-state index contributed by atoms with van der Waals surface area (Å²) in [7, 11) is 0. The first-order chi connectivity index (χ1) is 9.85. The van der Waals surface area contributed by atoms with Gasteiger partial charge in [-0.3, -0.25) is 4.90 Å². The summed E-state index contributed by atoms with van der Waals surface area (Å²) in [5, 5.41) is 3.44. The number of halogens is 2. The van der Waals surface area contributed by atoms with E-state index in [9.17, 15) is 0 Å². The summed E-state index contributed by atoms with van der Waals surface area (Å²) >= 11 is 0. The second-order valence-corrected chi connectivity index (χ2v) is 5.45. The van der Waals surface area contributed by atoms with E-state index in [0.29, 0.717) is 6.04 Å². The highest BCUT2D eigenvalue weighted by atomic mass is 35.5. The number of nitrogens with zero attached hydrogens (tertiary/aromatic N) is 1. The molecule has 1 saturated heterocycles. The molecular formula is C17H30Cl2N2O. The van der Waals surface area contributed by atoms with Crippen molar-refractivity contribution in [1.29, 1.82) is 0 Å². The smallest absolute Gasteiger partial charge is 0.119 e. The summed E-state index contributed by atoms with van der Waals surface area (Å²) in [6, 6.07) is 9.27. The third-order valence-corrected chi connectivity index (χ3v) is 4.00. The van der Waals surface area contributed by atoms with Gasteiger partial charge in [-0.2, -0.15) is 0 Å². The molecule has 1 aromatic carbocycles. The van der Waals surface area contributed by atoms with E-state index >= 15 is 0 Å². The van der Waals surface area contributed by atoms with Gasteiger partial charge in [0.15, 0.2) is 0 Å². The highest BCUT2D eigenvalue weighted by Crippen LogP contribution is 2.28. The van der Waals surface area contributed by atoms with Crippen LogP contribution in [-0.4, -0.2) is 37.7 Å². The Hall–Kier alpha value is -0.480. The zero-order chi connectivity index (χ0) is 14.2. The molecule has 22 heavy (non-hydrogen) atoms. The monoisotopic (exact) mass is 348 g/mol. The van der Waals surface area contributed by atoms with E-state index in [4.69, 9.17) is 4.74 Å². The minimum atomic E-state index is 0. The second-order valence-electron chi connectivity index (χ2n) is 5.45. The Labute approximate surface area is 147 Å². The molecule has 1 aromatic rings. The van der Waals surface area contributed by atoms with E-state index in [2.05, 4.69) is 41.4 Å². The lowest BCUT2D eigenvalue weighted by atomic mass is 9.98. The van der Waals surface area contributed by atoms with E-state index in [-0.39, 0.29) is 24.8 Å². The van der Waals surface area contributed by atoms with Gasteiger partial charge in [0.2, 0.25) is 0 Å². The molecule has 0 unspecified atom stereocenters. The molecule has 0 saturated carbocycles. The normalized spacial score (nSPS) is 16.3. The molecule has 1 aliphatic heterocycles. The van der Waals surface area contributed by atoms with Gasteiger partial charge in [-0.25, -0.2) is 0 Å². The molecule has 1 fully saturated rings. The summed E-state index contributed by atoms with van der Waals surface area (Å²) in [5.41, 5.74) is 1.43. The number of piperazine rings is 1. The number of hydrogen-bond acceptors (Lipinski definition) is 3. The maximum Gasteiger partial charge on any atom is 0.119 e. The van der Waals surface area contributed by atoms with E-state index in [0.717, 1.165) is 38.5 Å². The maximum atomic E-state index is 5.54. The van der Waals surface area contributed by atoms with Crippen LogP contribution in [0.1, 0.15) is 44.7 Å². The molecule has 1 aliphatic rings. The van der Waals surface area contributed by atoms with Crippen LogP contribution >= 0.6 is 24.8 Å². The zero-order valence-corrected chi connectivity index (χ0v) is 15.3. The van der Waals surface area contributed by atoms with Gasteiger partial charge in [0.25, 0.3) is 0 Å². The van der Waals surface area contributed by atoms with Crippen LogP contribution in [-0.2, 0) is 0 Å². The SMILES string of the molecule is CCCC[C@H](c1ccc(OCC)cc1)N1CCNCC1.Cl.Cl. The number of rotatable bonds is 7. The van der Waals surface area contributed by atoms with Crippen LogP contribution < -0.4 is 10.1 Å². The van der Waals surface area contributed by atoms with Gasteiger partial charge in [-0.05, 0) is 31.0 Å². The topological polar surface area (TPSA) is 24.5 Å². The van der Waals surface area contributed by atoms with E-state index in [1.165, 1.54) is 24.8 Å². The number of benzene rings is 1. The molecule has 128 valence electrons. The van der Waals surface area contributed by atoms with Crippen molar-refractivity contribution in [3.05, 3.63) is 29.8 Å². The number of unbranched alkanes of at least 4 members (excludes halogenated alkanes) is 1. The Bertz CT molecular complexity index is 381. The van der Waals surface area contributed by atoms with Crippen LogP contribution in [0.4, 0.5) is 0 Å². The van der Waals surface area contributed by atoms with Crippen LogP contribution in [0.2, 0.25) is 0 Å². The average molecular weight is 349 g/mol. The van der Waals surface area contributed by atoms with Gasteiger partial charge in [0.1, 0.15) is 5.75 Å². The summed E-state index contributed by atoms with van der Waals surface area (Å²) in [4.78, 5) is 2.63. The molecule has 5 heteroatoms. The van der Waals surface area contributed by atoms with Gasteiger partial charge in [-0.1, -0.05) is 31.9 Å². The first-order valence-electron chi connectivity index (χ1n) is 8.02. The lowest BCUT2D eigenvalue weighted by Crippen LogP contribution is -2.45. The summed E-state index contributed by atoms with van der Waals surface area (Å²) < 4.78 is 5.54. The number of ether oxygens (including phenoxy) is 1. The van der Waals surface area contributed by atoms with Crippen LogP contribution in [0.15, 0.2) is 24.3 Å². The van der Waals surface area contributed by atoms with E-state index < -0.39 is 0 Å². The predicted molar refractivity (Wildman–Crippen MR) is 98.8 cm³/mol. The Morgan fingerprint density at radius 2 is 1.73 bits per heavy atom. The predicted octanol–water partition coefficient (Wildman–Crippen LogP) is 4.07. The molecule has 0 radical (unpaired) electrons. The molecule has 0 spiro atoms. The van der Waals surface area contributed by atoms with Crippen molar-refractivity contribution < 1.29 is 4.74 Å². The fraction of sp³-hybridized carbons (Fsp3) is 0.647. The largest absolute Gasteiger partial charge is 0.494 e. The Kier molecular flexibility index (Phi) is 11.7. The minimum Gasteiger partial charge on any atom is -0.494 e. The quantitative estimate of drug-likeness (QED) is 0.803. The standard InChI is InChI=1S/C17H28N2O.2ClH/c1-3-5-6-17(19-13-11-18-12-14-19)15-7-9-16(10-8-15)20-4-2;;/h7-10,17-18H,3-6,11-14H2,1-2H3;2*1H/t17-;;/m1../s1. The van der Waals surface area contributed by atoms with Crippen molar-refractivity contribution in [1.82, 2.24) is 10.2 Å². The molecule has 1 N–H and O–H groups in total. The van der Waals surface area contributed by atoms with Gasteiger partial charge in [0.05, 0.1) is 6.61 Å². The van der Waals surface area contributed by atoms with Gasteiger partial charge in [0, 0.05) is 32.2 Å². The molecule has 0 bridgehead atoms. The summed E-state index contributed by atoms with van der Waals surface area (Å²) in [6.45, 7) is 9.56. The van der Waals surface area contributed by atoms with Crippen molar-refractivity contribution in [2.45, 2.75) is 39.2 Å². The third kappa shape index (κ3) is 6.33. The molecule has 0 aromatic heterocycles. The Morgan fingerprint density at radius 3 is 2.27 bits per heavy atom. The van der Waals surface area contributed by atoms with Crippen LogP contribution in [0.3, 0.4) is 0 Å². The van der Waals surface area contributed by atoms with Crippen molar-refractivity contribution in [2.24, 2.45) is 0 Å². The van der Waals surface area contributed by atoms with Gasteiger partial charge >= 0.3 is 0 Å². The maximum absolute atomic E-state index is 5.54. The molecular weight excluding hydrogens is 319 g/mol. The Morgan fingerprint density at radius 1 is 1.09 bits per heavy atom. The molecule has 1 heterocycles. The Balaban J connectivity index is 0.00000220. The van der Waals surface area contributed by atoms with Crippen LogP contribution in [0, 0.1) is 0 Å². The lowest BCUT2D eigenvalue weighted by molar-refractivity contribution is 0.163. The van der Waals surface area contributed by atoms with Crippen LogP contribution in [0.5, 0.6) is 5.75 Å². The first-order valence-corrected chi connectivity index (χ1v) is 8.02. The second kappa shape index (κ2) is 12.0. The number of nitrogens with one attached hydrogen (secondary N) is 1.